The number of hydrogen-bond acceptors (Lipinski definition) is 3. The van der Waals surface area contributed by atoms with Gasteiger partial charge in [0.1, 0.15) is 5.54 Å². The molecule has 0 atom stereocenters. The highest BCUT2D eigenvalue weighted by Gasteiger charge is 2.42. The molecule has 7 nitrogen and oxygen atoms in total. The van der Waals surface area contributed by atoms with Gasteiger partial charge >= 0.3 is 12.0 Å². The Labute approximate surface area is 146 Å². The van der Waals surface area contributed by atoms with Crippen molar-refractivity contribution < 1.29 is 19.5 Å². The van der Waals surface area contributed by atoms with Crippen molar-refractivity contribution >= 4 is 23.6 Å². The first kappa shape index (κ1) is 17.3. The maximum Gasteiger partial charge on any atom is 0.329 e. The van der Waals surface area contributed by atoms with Crippen LogP contribution >= 0.6 is 0 Å². The molecule has 3 N–H and O–H groups in total. The van der Waals surface area contributed by atoms with Gasteiger partial charge < -0.3 is 15.7 Å². The molecule has 134 valence electrons. The Kier molecular flexibility index (Phi) is 4.65. The van der Waals surface area contributed by atoms with Crippen LogP contribution in [0.1, 0.15) is 43.0 Å². The molecule has 0 radical (unpaired) electrons. The standard InChI is InChI=1S/C18H23N3O4/c1-12-6-8-18(9-7-12,16(23)24)20-15(22)13-2-4-14(5-3-13)21-11-10-19-17(21)25/h2-5,12H,6-11H2,1H3,(H,19,25)(H,20,22)(H,23,24). The Hall–Kier alpha value is -2.57. The lowest BCUT2D eigenvalue weighted by Crippen LogP contribution is -2.56. The largest absolute Gasteiger partial charge is 0.480 e. The van der Waals surface area contributed by atoms with Crippen LogP contribution in [0, 0.1) is 5.92 Å². The van der Waals surface area contributed by atoms with Gasteiger partial charge in [0.25, 0.3) is 5.91 Å². The van der Waals surface area contributed by atoms with Gasteiger partial charge in [0.05, 0.1) is 0 Å². The maximum atomic E-state index is 12.5. The molecule has 0 unspecified atom stereocenters. The normalized spacial score (nSPS) is 26.2. The van der Waals surface area contributed by atoms with E-state index in [1.165, 1.54) is 0 Å². The minimum atomic E-state index is -1.18. The number of nitrogens with one attached hydrogen (secondary N) is 2. The van der Waals surface area contributed by atoms with Gasteiger partial charge in [0.2, 0.25) is 0 Å². The molecule has 7 heteroatoms. The number of carboxylic acid groups (broad SMARTS) is 1. The molecule has 3 rings (SSSR count). The molecular weight excluding hydrogens is 322 g/mol. The van der Waals surface area contributed by atoms with Crippen LogP contribution in [0.3, 0.4) is 0 Å². The summed E-state index contributed by atoms with van der Waals surface area (Å²) in [6.45, 7) is 3.28. The first-order valence-corrected chi connectivity index (χ1v) is 8.63. The van der Waals surface area contributed by atoms with Crippen LogP contribution in [0.5, 0.6) is 0 Å². The van der Waals surface area contributed by atoms with E-state index >= 15 is 0 Å². The first-order chi connectivity index (χ1) is 11.9. The lowest BCUT2D eigenvalue weighted by Gasteiger charge is -2.36. The number of urea groups is 1. The van der Waals surface area contributed by atoms with Crippen molar-refractivity contribution in [3.8, 4) is 0 Å². The highest BCUT2D eigenvalue weighted by atomic mass is 16.4. The van der Waals surface area contributed by atoms with Gasteiger partial charge in [-0.05, 0) is 55.9 Å². The number of hydrogen-bond donors (Lipinski definition) is 3. The Morgan fingerprint density at radius 2 is 1.88 bits per heavy atom. The highest BCUT2D eigenvalue weighted by molar-refractivity contribution is 5.99. The van der Waals surface area contributed by atoms with E-state index in [1.54, 1.807) is 29.2 Å². The Balaban J connectivity index is 1.72. The van der Waals surface area contributed by atoms with Crippen LogP contribution in [0.25, 0.3) is 0 Å². The molecule has 1 saturated heterocycles. The summed E-state index contributed by atoms with van der Waals surface area (Å²) in [6.07, 6.45) is 2.47. The summed E-state index contributed by atoms with van der Waals surface area (Å²) in [4.78, 5) is 37.6. The topological polar surface area (TPSA) is 98.7 Å². The molecule has 3 amide bonds. The van der Waals surface area contributed by atoms with E-state index in [0.29, 0.717) is 43.1 Å². The third-order valence-corrected chi connectivity index (χ3v) is 5.19. The smallest absolute Gasteiger partial charge is 0.329 e. The van der Waals surface area contributed by atoms with E-state index in [0.717, 1.165) is 12.8 Å². The third kappa shape index (κ3) is 3.45. The summed E-state index contributed by atoms with van der Waals surface area (Å²) >= 11 is 0. The van der Waals surface area contributed by atoms with Crippen molar-refractivity contribution in [2.45, 2.75) is 38.1 Å². The van der Waals surface area contributed by atoms with Crippen LogP contribution in [-0.2, 0) is 4.79 Å². The quantitative estimate of drug-likeness (QED) is 0.777. The second kappa shape index (κ2) is 6.74. The average Bonchev–Trinajstić information content (AvgIpc) is 3.03. The summed E-state index contributed by atoms with van der Waals surface area (Å²) in [7, 11) is 0. The summed E-state index contributed by atoms with van der Waals surface area (Å²) in [5.74, 6) is -0.886. The van der Waals surface area contributed by atoms with E-state index in [1.807, 2.05) is 0 Å². The zero-order valence-corrected chi connectivity index (χ0v) is 14.2. The molecule has 0 bridgehead atoms. The molecule has 2 fully saturated rings. The fourth-order valence-electron chi connectivity index (χ4n) is 3.45. The zero-order chi connectivity index (χ0) is 18.0. The van der Waals surface area contributed by atoms with Gasteiger partial charge in [-0.1, -0.05) is 6.92 Å². The predicted octanol–water partition coefficient (Wildman–Crippen LogP) is 1.98. The minimum Gasteiger partial charge on any atom is -0.480 e. The van der Waals surface area contributed by atoms with Crippen molar-refractivity contribution in [3.05, 3.63) is 29.8 Å². The van der Waals surface area contributed by atoms with Gasteiger partial charge in [-0.2, -0.15) is 0 Å². The van der Waals surface area contributed by atoms with Crippen molar-refractivity contribution in [1.82, 2.24) is 10.6 Å². The predicted molar refractivity (Wildman–Crippen MR) is 92.7 cm³/mol. The maximum absolute atomic E-state index is 12.5. The molecule has 0 spiro atoms. The van der Waals surface area contributed by atoms with E-state index in [2.05, 4.69) is 17.6 Å². The Morgan fingerprint density at radius 3 is 2.40 bits per heavy atom. The summed E-state index contributed by atoms with van der Waals surface area (Å²) < 4.78 is 0. The molecule has 1 aliphatic heterocycles. The number of aliphatic carboxylic acids is 1. The number of carbonyl (C=O) groups excluding carboxylic acids is 2. The van der Waals surface area contributed by atoms with Gasteiger partial charge in [0.15, 0.2) is 0 Å². The second-order valence-electron chi connectivity index (χ2n) is 6.95. The Bertz CT molecular complexity index is 678. The van der Waals surface area contributed by atoms with Crippen LogP contribution in [0.2, 0.25) is 0 Å². The van der Waals surface area contributed by atoms with E-state index < -0.39 is 17.4 Å². The molecule has 2 aliphatic rings. The van der Waals surface area contributed by atoms with Crippen molar-refractivity contribution in [1.29, 1.82) is 0 Å². The number of carbonyl (C=O) groups is 3. The van der Waals surface area contributed by atoms with Crippen LogP contribution in [0.15, 0.2) is 24.3 Å². The van der Waals surface area contributed by atoms with E-state index in [-0.39, 0.29) is 6.03 Å². The molecular formula is C18H23N3O4. The lowest BCUT2D eigenvalue weighted by molar-refractivity contribution is -0.146. The number of amides is 3. The molecule has 0 aromatic heterocycles. The van der Waals surface area contributed by atoms with Gasteiger partial charge in [-0.15, -0.1) is 0 Å². The molecule has 1 aromatic rings. The SMILES string of the molecule is CC1CCC(NC(=O)c2ccc(N3CCNC3=O)cc2)(C(=O)O)CC1. The second-order valence-corrected chi connectivity index (χ2v) is 6.95. The van der Waals surface area contributed by atoms with Gasteiger partial charge in [-0.25, -0.2) is 9.59 Å². The van der Waals surface area contributed by atoms with Crippen LogP contribution in [0.4, 0.5) is 10.5 Å². The monoisotopic (exact) mass is 345 g/mol. The number of rotatable bonds is 4. The molecule has 1 heterocycles. The molecule has 25 heavy (non-hydrogen) atoms. The first-order valence-electron chi connectivity index (χ1n) is 8.63. The zero-order valence-electron chi connectivity index (χ0n) is 14.2. The van der Waals surface area contributed by atoms with Crippen molar-refractivity contribution in [3.63, 3.8) is 0 Å². The van der Waals surface area contributed by atoms with Crippen LogP contribution in [-0.4, -0.2) is 41.6 Å². The molecule has 1 saturated carbocycles. The van der Waals surface area contributed by atoms with Gasteiger partial charge in [0, 0.05) is 24.3 Å². The number of nitrogens with zero attached hydrogens (tertiary/aromatic N) is 1. The number of benzene rings is 1. The van der Waals surface area contributed by atoms with Crippen molar-refractivity contribution in [2.75, 3.05) is 18.0 Å². The van der Waals surface area contributed by atoms with E-state index in [4.69, 9.17) is 0 Å². The van der Waals surface area contributed by atoms with Crippen LogP contribution < -0.4 is 15.5 Å². The summed E-state index contributed by atoms with van der Waals surface area (Å²) in [5, 5.41) is 15.1. The fraction of sp³-hybridized carbons (Fsp3) is 0.500. The van der Waals surface area contributed by atoms with Crippen molar-refractivity contribution in [2.24, 2.45) is 5.92 Å². The average molecular weight is 345 g/mol. The number of anilines is 1. The highest BCUT2D eigenvalue weighted by Crippen LogP contribution is 2.32. The van der Waals surface area contributed by atoms with Gasteiger partial charge in [-0.3, -0.25) is 9.69 Å². The fourth-order valence-corrected chi connectivity index (χ4v) is 3.45. The lowest BCUT2D eigenvalue weighted by atomic mass is 9.77. The summed E-state index contributed by atoms with van der Waals surface area (Å²) in [6, 6.07) is 6.50. The third-order valence-electron chi connectivity index (χ3n) is 5.19. The van der Waals surface area contributed by atoms with E-state index in [9.17, 15) is 19.5 Å². The number of carboxylic acids is 1. The summed E-state index contributed by atoms with van der Waals surface area (Å²) in [5.41, 5.74) is -0.0783. The molecule has 1 aromatic carbocycles. The Morgan fingerprint density at radius 1 is 1.24 bits per heavy atom. The molecule has 1 aliphatic carbocycles. The minimum absolute atomic E-state index is 0.154.